The van der Waals surface area contributed by atoms with Crippen LogP contribution >= 0.6 is 11.8 Å². The topological polar surface area (TPSA) is 68.4 Å². The molecule has 0 spiro atoms. The highest BCUT2D eigenvalue weighted by molar-refractivity contribution is 7.99. The third-order valence-corrected chi connectivity index (χ3v) is 3.42. The van der Waals surface area contributed by atoms with Crippen LogP contribution in [0, 0.1) is 0 Å². The minimum Gasteiger partial charge on any atom is -0.398 e. The average molecular weight is 226 g/mol. The van der Waals surface area contributed by atoms with Gasteiger partial charge in [-0.3, -0.25) is 4.98 Å². The van der Waals surface area contributed by atoms with Crippen molar-refractivity contribution in [1.29, 1.82) is 0 Å². The summed E-state index contributed by atoms with van der Waals surface area (Å²) < 4.78 is 5.49. The van der Waals surface area contributed by atoms with Crippen LogP contribution < -0.4 is 5.73 Å². The summed E-state index contributed by atoms with van der Waals surface area (Å²) in [6.07, 6.45) is 2.37. The van der Waals surface area contributed by atoms with Gasteiger partial charge in [0, 0.05) is 35.2 Å². The molecule has 0 aromatic carbocycles. The lowest BCUT2D eigenvalue weighted by molar-refractivity contribution is -0.0225. The number of anilines is 1. The van der Waals surface area contributed by atoms with E-state index in [1.807, 2.05) is 0 Å². The first-order chi connectivity index (χ1) is 7.29. The maximum atomic E-state index is 10.1. The molecule has 0 aliphatic carbocycles. The maximum Gasteiger partial charge on any atom is 0.109 e. The van der Waals surface area contributed by atoms with Gasteiger partial charge in [0.25, 0.3) is 0 Å². The molecule has 1 aromatic heterocycles. The Bertz CT molecular complexity index is 329. The molecule has 2 unspecified atom stereocenters. The Morgan fingerprint density at radius 1 is 1.67 bits per heavy atom. The molecule has 0 bridgehead atoms. The lowest BCUT2D eigenvalue weighted by Crippen LogP contribution is -2.30. The van der Waals surface area contributed by atoms with Crippen molar-refractivity contribution in [1.82, 2.24) is 4.98 Å². The quantitative estimate of drug-likeness (QED) is 0.781. The van der Waals surface area contributed by atoms with Crippen molar-refractivity contribution < 1.29 is 9.84 Å². The van der Waals surface area contributed by atoms with Gasteiger partial charge in [0.05, 0.1) is 12.7 Å². The minimum atomic E-state index is -0.675. The van der Waals surface area contributed by atoms with Gasteiger partial charge in [-0.15, -0.1) is 0 Å². The SMILES string of the molecule is Nc1ccncc1C(O)C1CSCCO1. The molecule has 1 saturated heterocycles. The molecule has 1 aliphatic rings. The van der Waals surface area contributed by atoms with Crippen LogP contribution in [-0.2, 0) is 4.74 Å². The van der Waals surface area contributed by atoms with E-state index in [2.05, 4.69) is 4.98 Å². The summed E-state index contributed by atoms with van der Waals surface area (Å²) in [5, 5.41) is 10.1. The minimum absolute atomic E-state index is 0.171. The molecule has 2 rings (SSSR count). The highest BCUT2D eigenvalue weighted by Crippen LogP contribution is 2.27. The second-order valence-corrected chi connectivity index (χ2v) is 4.58. The lowest BCUT2D eigenvalue weighted by Gasteiger charge is -2.27. The van der Waals surface area contributed by atoms with Crippen molar-refractivity contribution in [2.45, 2.75) is 12.2 Å². The third kappa shape index (κ3) is 2.42. The Morgan fingerprint density at radius 2 is 2.53 bits per heavy atom. The van der Waals surface area contributed by atoms with Crippen LogP contribution in [-0.4, -0.2) is 34.3 Å². The molecule has 5 heteroatoms. The van der Waals surface area contributed by atoms with Crippen molar-refractivity contribution in [3.63, 3.8) is 0 Å². The molecular weight excluding hydrogens is 212 g/mol. The van der Waals surface area contributed by atoms with Gasteiger partial charge >= 0.3 is 0 Å². The molecule has 1 aromatic rings. The Hall–Kier alpha value is -0.780. The monoisotopic (exact) mass is 226 g/mol. The number of nitrogen functional groups attached to an aromatic ring is 1. The zero-order valence-electron chi connectivity index (χ0n) is 8.30. The van der Waals surface area contributed by atoms with Gasteiger partial charge in [0.2, 0.25) is 0 Å². The molecule has 0 radical (unpaired) electrons. The largest absolute Gasteiger partial charge is 0.398 e. The standard InChI is InChI=1S/C10H14N2O2S/c11-8-1-2-12-5-7(8)10(13)9-6-15-4-3-14-9/h1-2,5,9-10,13H,3-4,6H2,(H2,11,12). The van der Waals surface area contributed by atoms with Gasteiger partial charge in [0.1, 0.15) is 6.10 Å². The number of nitrogens with two attached hydrogens (primary N) is 1. The second kappa shape index (κ2) is 4.83. The van der Waals surface area contributed by atoms with Crippen LogP contribution in [0.2, 0.25) is 0 Å². The first-order valence-electron chi connectivity index (χ1n) is 4.86. The molecule has 15 heavy (non-hydrogen) atoms. The van der Waals surface area contributed by atoms with Crippen molar-refractivity contribution in [3.8, 4) is 0 Å². The lowest BCUT2D eigenvalue weighted by atomic mass is 10.1. The first kappa shape index (κ1) is 10.7. The highest BCUT2D eigenvalue weighted by Gasteiger charge is 2.25. The number of pyridine rings is 1. The number of aromatic nitrogens is 1. The zero-order chi connectivity index (χ0) is 10.7. The summed E-state index contributed by atoms with van der Waals surface area (Å²) in [5.74, 6) is 1.79. The molecule has 2 heterocycles. The Labute approximate surface area is 92.8 Å². The number of thioether (sulfide) groups is 1. The fraction of sp³-hybridized carbons (Fsp3) is 0.500. The fourth-order valence-electron chi connectivity index (χ4n) is 1.55. The molecule has 0 amide bonds. The van der Waals surface area contributed by atoms with E-state index >= 15 is 0 Å². The van der Waals surface area contributed by atoms with Gasteiger partial charge in [-0.1, -0.05) is 0 Å². The van der Waals surface area contributed by atoms with Gasteiger partial charge < -0.3 is 15.6 Å². The van der Waals surface area contributed by atoms with Crippen molar-refractivity contribution in [2.75, 3.05) is 23.8 Å². The second-order valence-electron chi connectivity index (χ2n) is 3.43. The van der Waals surface area contributed by atoms with E-state index in [0.717, 1.165) is 11.5 Å². The smallest absolute Gasteiger partial charge is 0.109 e. The van der Waals surface area contributed by atoms with Gasteiger partial charge in [-0.05, 0) is 6.07 Å². The number of ether oxygens (including phenoxy) is 1. The zero-order valence-corrected chi connectivity index (χ0v) is 9.11. The Morgan fingerprint density at radius 3 is 3.20 bits per heavy atom. The van der Waals surface area contributed by atoms with Crippen LogP contribution in [0.1, 0.15) is 11.7 Å². The number of aliphatic hydroxyl groups is 1. The van der Waals surface area contributed by atoms with Crippen LogP contribution in [0.5, 0.6) is 0 Å². The summed E-state index contributed by atoms with van der Waals surface area (Å²) in [6.45, 7) is 0.687. The van der Waals surface area contributed by atoms with Gasteiger partial charge in [0.15, 0.2) is 0 Å². The molecule has 1 fully saturated rings. The van der Waals surface area contributed by atoms with Crippen molar-refractivity contribution >= 4 is 17.4 Å². The highest BCUT2D eigenvalue weighted by atomic mass is 32.2. The molecule has 0 saturated carbocycles. The number of hydrogen-bond acceptors (Lipinski definition) is 5. The van der Waals surface area contributed by atoms with E-state index < -0.39 is 6.10 Å². The average Bonchev–Trinajstić information content (AvgIpc) is 2.30. The number of nitrogens with zero attached hydrogens (tertiary/aromatic N) is 1. The summed E-state index contributed by atoms with van der Waals surface area (Å²) in [5.41, 5.74) is 6.99. The van der Waals surface area contributed by atoms with Crippen LogP contribution in [0.15, 0.2) is 18.5 Å². The van der Waals surface area contributed by atoms with Crippen LogP contribution in [0.3, 0.4) is 0 Å². The fourth-order valence-corrected chi connectivity index (χ4v) is 2.44. The third-order valence-electron chi connectivity index (χ3n) is 2.40. The van der Waals surface area contributed by atoms with E-state index in [1.165, 1.54) is 0 Å². The van der Waals surface area contributed by atoms with E-state index in [9.17, 15) is 5.11 Å². The molecule has 82 valence electrons. The number of hydrogen-bond donors (Lipinski definition) is 2. The van der Waals surface area contributed by atoms with E-state index in [0.29, 0.717) is 17.9 Å². The normalized spacial score (nSPS) is 23.7. The summed E-state index contributed by atoms with van der Waals surface area (Å²) >= 11 is 1.79. The van der Waals surface area contributed by atoms with Gasteiger partial charge in [-0.2, -0.15) is 11.8 Å². The number of rotatable bonds is 2. The summed E-state index contributed by atoms with van der Waals surface area (Å²) in [7, 11) is 0. The molecule has 4 nitrogen and oxygen atoms in total. The van der Waals surface area contributed by atoms with E-state index in [4.69, 9.17) is 10.5 Å². The van der Waals surface area contributed by atoms with Crippen LogP contribution in [0.4, 0.5) is 5.69 Å². The molecular formula is C10H14N2O2S. The summed E-state index contributed by atoms with van der Waals surface area (Å²) in [4.78, 5) is 3.96. The van der Waals surface area contributed by atoms with Gasteiger partial charge in [-0.25, -0.2) is 0 Å². The van der Waals surface area contributed by atoms with Crippen LogP contribution in [0.25, 0.3) is 0 Å². The van der Waals surface area contributed by atoms with E-state index in [-0.39, 0.29) is 6.10 Å². The first-order valence-corrected chi connectivity index (χ1v) is 6.01. The van der Waals surface area contributed by atoms with Crippen molar-refractivity contribution in [3.05, 3.63) is 24.0 Å². The summed E-state index contributed by atoms with van der Waals surface area (Å²) in [6, 6.07) is 1.69. The van der Waals surface area contributed by atoms with Crippen molar-refractivity contribution in [2.24, 2.45) is 0 Å². The Kier molecular flexibility index (Phi) is 3.45. The number of aliphatic hydroxyl groups excluding tert-OH is 1. The predicted molar refractivity (Wildman–Crippen MR) is 60.7 cm³/mol. The van der Waals surface area contributed by atoms with E-state index in [1.54, 1.807) is 30.2 Å². The Balaban J connectivity index is 2.12. The maximum absolute atomic E-state index is 10.1. The molecule has 1 aliphatic heterocycles. The molecule has 3 N–H and O–H groups in total. The molecule has 2 atom stereocenters. The predicted octanol–water partition coefficient (Wildman–Crippen LogP) is 0.829.